The van der Waals surface area contributed by atoms with Crippen LogP contribution in [0.2, 0.25) is 0 Å². The molecule has 0 fully saturated rings. The first kappa shape index (κ1) is 9.56. The highest BCUT2D eigenvalue weighted by Gasteiger charge is 2.02. The van der Waals surface area contributed by atoms with Crippen molar-refractivity contribution in [3.8, 4) is 0 Å². The van der Waals surface area contributed by atoms with E-state index >= 15 is 0 Å². The second kappa shape index (κ2) is 4.03. The van der Waals surface area contributed by atoms with E-state index in [0.29, 0.717) is 5.95 Å². The predicted octanol–water partition coefficient (Wildman–Crippen LogP) is -1.01. The predicted molar refractivity (Wildman–Crippen MR) is 52.0 cm³/mol. The van der Waals surface area contributed by atoms with Crippen molar-refractivity contribution in [2.24, 2.45) is 14.1 Å². The van der Waals surface area contributed by atoms with Crippen LogP contribution in [0.4, 0.5) is 5.95 Å². The molecule has 15 heavy (non-hydrogen) atoms. The smallest absolute Gasteiger partial charge is 0.242 e. The minimum absolute atomic E-state index is 0.650. The molecule has 0 unspecified atom stereocenters. The molecule has 80 valence electrons. The fraction of sp³-hybridized carbons (Fsp3) is 0.571. The van der Waals surface area contributed by atoms with Crippen LogP contribution >= 0.6 is 0 Å². The van der Waals surface area contributed by atoms with E-state index in [0.717, 1.165) is 18.8 Å². The van der Waals surface area contributed by atoms with Gasteiger partial charge in [-0.3, -0.25) is 0 Å². The van der Waals surface area contributed by atoms with Gasteiger partial charge in [-0.05, 0) is 10.4 Å². The van der Waals surface area contributed by atoms with Gasteiger partial charge in [0.25, 0.3) is 0 Å². The highest BCUT2D eigenvalue weighted by Crippen LogP contribution is 1.97. The maximum Gasteiger partial charge on any atom is 0.242 e. The van der Waals surface area contributed by atoms with Crippen molar-refractivity contribution in [2.45, 2.75) is 6.42 Å². The third-order valence-electron chi connectivity index (χ3n) is 2.06. The Morgan fingerprint density at radius 3 is 2.80 bits per heavy atom. The lowest BCUT2D eigenvalue weighted by atomic mass is 10.4. The molecule has 0 bridgehead atoms. The molecule has 8 nitrogen and oxygen atoms in total. The second-order valence-electron chi connectivity index (χ2n) is 3.16. The molecule has 0 aliphatic carbocycles. The van der Waals surface area contributed by atoms with E-state index in [1.165, 1.54) is 0 Å². The van der Waals surface area contributed by atoms with Crippen LogP contribution < -0.4 is 5.32 Å². The summed E-state index contributed by atoms with van der Waals surface area (Å²) in [6.07, 6.45) is 2.46. The summed E-state index contributed by atoms with van der Waals surface area (Å²) in [5.41, 5.74) is 0. The van der Waals surface area contributed by atoms with Gasteiger partial charge in [0.05, 0.1) is 0 Å². The summed E-state index contributed by atoms with van der Waals surface area (Å²) >= 11 is 0. The summed E-state index contributed by atoms with van der Waals surface area (Å²) in [7, 11) is 3.70. The van der Waals surface area contributed by atoms with E-state index in [1.807, 2.05) is 11.6 Å². The summed E-state index contributed by atoms with van der Waals surface area (Å²) in [6.45, 7) is 0.723. The first-order chi connectivity index (χ1) is 7.27. The van der Waals surface area contributed by atoms with Crippen LogP contribution in [0.15, 0.2) is 6.33 Å². The molecular weight excluding hydrogens is 196 g/mol. The van der Waals surface area contributed by atoms with Crippen molar-refractivity contribution >= 4 is 5.95 Å². The van der Waals surface area contributed by atoms with E-state index in [2.05, 4.69) is 31.0 Å². The Morgan fingerprint density at radius 2 is 2.20 bits per heavy atom. The standard InChI is InChI=1S/C7H12N8/c1-14-5-9-10-6(14)3-4-8-7-11-12-13-15(7)2/h5H,3-4H2,1-2H3,(H,8,11,13). The molecule has 0 atom stereocenters. The number of aryl methyl sites for hydroxylation is 2. The molecule has 0 aliphatic heterocycles. The number of hydrogen-bond donors (Lipinski definition) is 1. The highest BCUT2D eigenvalue weighted by molar-refractivity contribution is 5.20. The highest BCUT2D eigenvalue weighted by atomic mass is 15.6. The zero-order chi connectivity index (χ0) is 10.7. The molecule has 0 aliphatic rings. The van der Waals surface area contributed by atoms with Crippen LogP contribution in [0.3, 0.4) is 0 Å². The van der Waals surface area contributed by atoms with E-state index in [4.69, 9.17) is 0 Å². The summed E-state index contributed by atoms with van der Waals surface area (Å²) < 4.78 is 3.47. The molecule has 1 N–H and O–H groups in total. The molecule has 2 aromatic rings. The zero-order valence-electron chi connectivity index (χ0n) is 8.62. The van der Waals surface area contributed by atoms with Crippen LogP contribution in [-0.4, -0.2) is 41.5 Å². The van der Waals surface area contributed by atoms with Crippen molar-refractivity contribution in [3.63, 3.8) is 0 Å². The average Bonchev–Trinajstić information content (AvgIpc) is 2.78. The van der Waals surface area contributed by atoms with E-state index in [1.54, 1.807) is 18.1 Å². The Balaban J connectivity index is 1.86. The second-order valence-corrected chi connectivity index (χ2v) is 3.16. The third kappa shape index (κ3) is 2.09. The third-order valence-corrected chi connectivity index (χ3v) is 2.06. The van der Waals surface area contributed by atoms with Crippen LogP contribution in [0.1, 0.15) is 5.82 Å². The van der Waals surface area contributed by atoms with Gasteiger partial charge in [-0.2, -0.15) is 0 Å². The van der Waals surface area contributed by atoms with Crippen molar-refractivity contribution in [3.05, 3.63) is 12.2 Å². The maximum atomic E-state index is 3.97. The molecule has 0 aromatic carbocycles. The van der Waals surface area contributed by atoms with Crippen molar-refractivity contribution < 1.29 is 0 Å². The summed E-state index contributed by atoms with van der Waals surface area (Å²) in [5, 5.41) is 21.9. The van der Waals surface area contributed by atoms with Crippen LogP contribution in [-0.2, 0) is 20.5 Å². The molecule has 0 amide bonds. The minimum atomic E-state index is 0.650. The lowest BCUT2D eigenvalue weighted by Crippen LogP contribution is -2.11. The van der Waals surface area contributed by atoms with Gasteiger partial charge in [0.2, 0.25) is 5.95 Å². The summed E-state index contributed by atoms with van der Waals surface area (Å²) in [5.74, 6) is 1.58. The fourth-order valence-corrected chi connectivity index (χ4v) is 1.20. The lowest BCUT2D eigenvalue weighted by Gasteiger charge is -2.02. The Labute approximate surface area is 86.3 Å². The first-order valence-electron chi connectivity index (χ1n) is 4.56. The molecule has 0 radical (unpaired) electrons. The topological polar surface area (TPSA) is 86.3 Å². The van der Waals surface area contributed by atoms with Gasteiger partial charge in [-0.15, -0.1) is 10.2 Å². The monoisotopic (exact) mass is 208 g/mol. The molecule has 2 aromatic heterocycles. The Kier molecular flexibility index (Phi) is 2.57. The van der Waals surface area contributed by atoms with Gasteiger partial charge in [-0.25, -0.2) is 4.68 Å². The molecule has 0 spiro atoms. The number of aromatic nitrogens is 7. The summed E-state index contributed by atoms with van der Waals surface area (Å²) in [4.78, 5) is 0. The molecule has 2 rings (SSSR count). The number of nitrogens with zero attached hydrogens (tertiary/aromatic N) is 7. The van der Waals surface area contributed by atoms with Gasteiger partial charge >= 0.3 is 0 Å². The average molecular weight is 208 g/mol. The first-order valence-corrected chi connectivity index (χ1v) is 4.56. The molecule has 0 saturated carbocycles. The van der Waals surface area contributed by atoms with Crippen molar-refractivity contribution in [1.29, 1.82) is 0 Å². The number of nitrogens with one attached hydrogen (secondary N) is 1. The van der Waals surface area contributed by atoms with Crippen LogP contribution in [0, 0.1) is 0 Å². The number of tetrazole rings is 1. The van der Waals surface area contributed by atoms with Gasteiger partial charge in [-0.1, -0.05) is 5.10 Å². The Morgan fingerprint density at radius 1 is 1.33 bits per heavy atom. The summed E-state index contributed by atoms with van der Waals surface area (Å²) in [6, 6.07) is 0. The maximum absolute atomic E-state index is 3.97. The Hall–Kier alpha value is -1.99. The molecular formula is C7H12N8. The number of anilines is 1. The van der Waals surface area contributed by atoms with E-state index < -0.39 is 0 Å². The van der Waals surface area contributed by atoms with Gasteiger partial charge < -0.3 is 9.88 Å². The van der Waals surface area contributed by atoms with Crippen molar-refractivity contribution in [1.82, 2.24) is 35.0 Å². The molecule has 2 heterocycles. The largest absolute Gasteiger partial charge is 0.353 e. The number of rotatable bonds is 4. The van der Waals surface area contributed by atoms with Crippen LogP contribution in [0.5, 0.6) is 0 Å². The molecule has 0 saturated heterocycles. The molecule has 8 heteroatoms. The van der Waals surface area contributed by atoms with Crippen molar-refractivity contribution in [2.75, 3.05) is 11.9 Å². The normalized spacial score (nSPS) is 10.5. The quantitative estimate of drug-likeness (QED) is 0.693. The zero-order valence-corrected chi connectivity index (χ0v) is 8.62. The van der Waals surface area contributed by atoms with E-state index in [9.17, 15) is 0 Å². The SMILES string of the molecule is Cn1cnnc1CCNc1nnnn1C. The number of hydrogen-bond acceptors (Lipinski definition) is 6. The van der Waals surface area contributed by atoms with Gasteiger partial charge in [0, 0.05) is 27.1 Å². The lowest BCUT2D eigenvalue weighted by molar-refractivity contribution is 0.710. The van der Waals surface area contributed by atoms with E-state index in [-0.39, 0.29) is 0 Å². The van der Waals surface area contributed by atoms with Crippen LogP contribution in [0.25, 0.3) is 0 Å². The van der Waals surface area contributed by atoms with Gasteiger partial charge in [0.1, 0.15) is 12.2 Å². The minimum Gasteiger partial charge on any atom is -0.353 e. The Bertz CT molecular complexity index is 389. The van der Waals surface area contributed by atoms with Gasteiger partial charge in [0.15, 0.2) is 0 Å². The fourth-order valence-electron chi connectivity index (χ4n) is 1.20.